The summed E-state index contributed by atoms with van der Waals surface area (Å²) in [5.74, 6) is 7.92. The van der Waals surface area contributed by atoms with Gasteiger partial charge in [0, 0.05) is 16.7 Å². The molecule has 0 aliphatic heterocycles. The van der Waals surface area contributed by atoms with Crippen LogP contribution in [0.25, 0.3) is 0 Å². The smallest absolute Gasteiger partial charge is 0.144 e. The van der Waals surface area contributed by atoms with Crippen LogP contribution in [-0.2, 0) is 5.41 Å². The highest BCUT2D eigenvalue weighted by molar-refractivity contribution is 7.99. The van der Waals surface area contributed by atoms with Crippen LogP contribution in [0.4, 0.5) is 5.82 Å². The average molecular weight is 294 g/mol. The van der Waals surface area contributed by atoms with Crippen molar-refractivity contribution in [2.24, 2.45) is 11.8 Å². The molecule has 0 bridgehead atoms. The van der Waals surface area contributed by atoms with Gasteiger partial charge in [0.1, 0.15) is 16.7 Å². The Kier molecular flexibility index (Phi) is 4.91. The molecule has 3 N–H and O–H groups in total. The molecular weight excluding hydrogens is 268 g/mol. The SMILES string of the molecule is CC1CCCC(Sc2cc(NN)nc(C(C)(C)C)n2)C1. The molecule has 1 heterocycles. The van der Waals surface area contributed by atoms with Gasteiger partial charge in [-0.15, -0.1) is 11.8 Å². The Labute approximate surface area is 126 Å². The second-order valence-electron chi connectivity index (χ2n) is 6.82. The van der Waals surface area contributed by atoms with Crippen molar-refractivity contribution in [3.63, 3.8) is 0 Å². The van der Waals surface area contributed by atoms with E-state index in [4.69, 9.17) is 10.8 Å². The summed E-state index contributed by atoms with van der Waals surface area (Å²) in [6.45, 7) is 8.72. The van der Waals surface area contributed by atoms with E-state index in [1.807, 2.05) is 17.8 Å². The summed E-state index contributed by atoms with van der Waals surface area (Å²) in [5, 5.41) is 1.71. The molecule has 0 saturated heterocycles. The number of anilines is 1. The fourth-order valence-corrected chi connectivity index (χ4v) is 3.92. The number of hydrogen-bond donors (Lipinski definition) is 2. The number of hydrazine groups is 1. The Morgan fingerprint density at radius 3 is 2.65 bits per heavy atom. The summed E-state index contributed by atoms with van der Waals surface area (Å²) in [6, 6.07) is 1.96. The summed E-state index contributed by atoms with van der Waals surface area (Å²) >= 11 is 1.88. The van der Waals surface area contributed by atoms with Gasteiger partial charge in [-0.2, -0.15) is 0 Å². The Bertz CT molecular complexity index is 456. The lowest BCUT2D eigenvalue weighted by Crippen LogP contribution is -2.20. The van der Waals surface area contributed by atoms with E-state index in [0.29, 0.717) is 11.1 Å². The first-order valence-corrected chi connectivity index (χ1v) is 8.29. The van der Waals surface area contributed by atoms with E-state index >= 15 is 0 Å². The zero-order valence-corrected chi connectivity index (χ0v) is 13.8. The summed E-state index contributed by atoms with van der Waals surface area (Å²) in [6.07, 6.45) is 5.27. The molecule has 0 spiro atoms. The van der Waals surface area contributed by atoms with E-state index in [1.54, 1.807) is 0 Å². The Balaban J connectivity index is 2.18. The number of nitrogens with zero attached hydrogens (tertiary/aromatic N) is 2. The van der Waals surface area contributed by atoms with E-state index in [9.17, 15) is 0 Å². The second kappa shape index (κ2) is 6.31. The van der Waals surface area contributed by atoms with E-state index in [1.165, 1.54) is 25.7 Å². The molecule has 4 nitrogen and oxygen atoms in total. The van der Waals surface area contributed by atoms with Crippen LogP contribution >= 0.6 is 11.8 Å². The molecular formula is C15H26N4S. The highest BCUT2D eigenvalue weighted by Gasteiger charge is 2.23. The average Bonchev–Trinajstić information content (AvgIpc) is 2.37. The maximum absolute atomic E-state index is 5.54. The number of aromatic nitrogens is 2. The standard InChI is InChI=1S/C15H26N4S/c1-10-6-5-7-11(8-10)20-13-9-12(19-16)17-14(18-13)15(2,3)4/h9-11H,5-8,16H2,1-4H3,(H,17,18,19). The van der Waals surface area contributed by atoms with Crippen molar-refractivity contribution in [1.29, 1.82) is 0 Å². The Hall–Kier alpha value is -0.810. The van der Waals surface area contributed by atoms with Gasteiger partial charge in [0.2, 0.25) is 0 Å². The fourth-order valence-electron chi connectivity index (χ4n) is 2.55. The number of hydrogen-bond acceptors (Lipinski definition) is 5. The zero-order chi connectivity index (χ0) is 14.8. The lowest BCUT2D eigenvalue weighted by Gasteiger charge is -2.26. The normalized spacial score (nSPS) is 23.6. The predicted octanol–water partition coefficient (Wildman–Crippen LogP) is 3.73. The molecule has 0 radical (unpaired) electrons. The zero-order valence-electron chi connectivity index (χ0n) is 12.9. The molecule has 5 heteroatoms. The van der Waals surface area contributed by atoms with Crippen LogP contribution in [0.2, 0.25) is 0 Å². The van der Waals surface area contributed by atoms with Gasteiger partial charge in [0.15, 0.2) is 0 Å². The number of thioether (sulfide) groups is 1. The third-order valence-corrected chi connectivity index (χ3v) is 4.91. The summed E-state index contributed by atoms with van der Waals surface area (Å²) in [5.41, 5.74) is 2.59. The first-order chi connectivity index (χ1) is 9.38. The van der Waals surface area contributed by atoms with Crippen molar-refractivity contribution >= 4 is 17.6 Å². The minimum Gasteiger partial charge on any atom is -0.308 e. The highest BCUT2D eigenvalue weighted by Crippen LogP contribution is 2.36. The van der Waals surface area contributed by atoms with Crippen molar-refractivity contribution < 1.29 is 0 Å². The van der Waals surface area contributed by atoms with Gasteiger partial charge in [-0.1, -0.05) is 40.5 Å². The molecule has 2 rings (SSSR count). The van der Waals surface area contributed by atoms with Gasteiger partial charge in [0.05, 0.1) is 0 Å². The van der Waals surface area contributed by atoms with Crippen LogP contribution in [0.5, 0.6) is 0 Å². The molecule has 112 valence electrons. The summed E-state index contributed by atoms with van der Waals surface area (Å²) in [4.78, 5) is 9.20. The van der Waals surface area contributed by atoms with Crippen molar-refractivity contribution in [1.82, 2.24) is 9.97 Å². The van der Waals surface area contributed by atoms with Crippen LogP contribution in [0, 0.1) is 5.92 Å². The van der Waals surface area contributed by atoms with Gasteiger partial charge in [-0.3, -0.25) is 0 Å². The van der Waals surface area contributed by atoms with Gasteiger partial charge in [-0.05, 0) is 18.8 Å². The van der Waals surface area contributed by atoms with E-state index < -0.39 is 0 Å². The molecule has 1 saturated carbocycles. The predicted molar refractivity (Wildman–Crippen MR) is 85.8 cm³/mol. The minimum absolute atomic E-state index is 0.0674. The van der Waals surface area contributed by atoms with E-state index in [-0.39, 0.29) is 5.41 Å². The second-order valence-corrected chi connectivity index (χ2v) is 8.14. The Morgan fingerprint density at radius 2 is 2.05 bits per heavy atom. The lowest BCUT2D eigenvalue weighted by molar-refractivity contribution is 0.394. The highest BCUT2D eigenvalue weighted by atomic mass is 32.2. The van der Waals surface area contributed by atoms with Crippen molar-refractivity contribution in [2.75, 3.05) is 5.43 Å². The van der Waals surface area contributed by atoms with Crippen molar-refractivity contribution in [3.05, 3.63) is 11.9 Å². The molecule has 1 aliphatic carbocycles. The van der Waals surface area contributed by atoms with Crippen LogP contribution in [-0.4, -0.2) is 15.2 Å². The van der Waals surface area contributed by atoms with Gasteiger partial charge < -0.3 is 5.43 Å². The molecule has 1 fully saturated rings. The third-order valence-electron chi connectivity index (χ3n) is 3.70. The summed E-state index contributed by atoms with van der Waals surface area (Å²) in [7, 11) is 0. The summed E-state index contributed by atoms with van der Waals surface area (Å²) < 4.78 is 0. The molecule has 20 heavy (non-hydrogen) atoms. The Morgan fingerprint density at radius 1 is 1.30 bits per heavy atom. The molecule has 2 atom stereocenters. The van der Waals surface area contributed by atoms with Crippen LogP contribution in [0.3, 0.4) is 0 Å². The van der Waals surface area contributed by atoms with E-state index in [2.05, 4.69) is 38.1 Å². The maximum atomic E-state index is 5.54. The maximum Gasteiger partial charge on any atom is 0.144 e. The lowest BCUT2D eigenvalue weighted by atomic mass is 9.91. The number of rotatable bonds is 3. The van der Waals surface area contributed by atoms with Crippen molar-refractivity contribution in [3.8, 4) is 0 Å². The topological polar surface area (TPSA) is 63.8 Å². The first-order valence-electron chi connectivity index (χ1n) is 7.41. The van der Waals surface area contributed by atoms with E-state index in [0.717, 1.165) is 16.8 Å². The minimum atomic E-state index is -0.0674. The first kappa shape index (κ1) is 15.6. The van der Waals surface area contributed by atoms with Crippen molar-refractivity contribution in [2.45, 2.75) is 69.1 Å². The molecule has 0 aromatic carbocycles. The van der Waals surface area contributed by atoms with Gasteiger partial charge >= 0.3 is 0 Å². The van der Waals surface area contributed by atoms with Gasteiger partial charge in [0.25, 0.3) is 0 Å². The quantitative estimate of drug-likeness (QED) is 0.505. The third kappa shape index (κ3) is 4.09. The number of nitrogens with one attached hydrogen (secondary N) is 1. The molecule has 2 unspecified atom stereocenters. The molecule has 1 aliphatic rings. The molecule has 0 amide bonds. The van der Waals surface area contributed by atoms with Crippen LogP contribution in [0.1, 0.15) is 59.2 Å². The fraction of sp³-hybridized carbons (Fsp3) is 0.733. The molecule has 1 aromatic heterocycles. The molecule has 1 aromatic rings. The number of nitrogen functional groups attached to an aromatic ring is 1. The largest absolute Gasteiger partial charge is 0.308 e. The monoisotopic (exact) mass is 294 g/mol. The van der Waals surface area contributed by atoms with Crippen LogP contribution in [0.15, 0.2) is 11.1 Å². The van der Waals surface area contributed by atoms with Gasteiger partial charge in [-0.25, -0.2) is 15.8 Å². The number of nitrogens with two attached hydrogens (primary N) is 1. The van der Waals surface area contributed by atoms with Crippen LogP contribution < -0.4 is 11.3 Å².